The van der Waals surface area contributed by atoms with Crippen LogP contribution in [0.3, 0.4) is 0 Å². The summed E-state index contributed by atoms with van der Waals surface area (Å²) in [4.78, 5) is 2.19. The van der Waals surface area contributed by atoms with Crippen LogP contribution in [0.2, 0.25) is 5.02 Å². The molecule has 18 heavy (non-hydrogen) atoms. The minimum Gasteiger partial charge on any atom is -0.309 e. The molecule has 0 bridgehead atoms. The largest absolute Gasteiger partial charge is 0.309 e. The van der Waals surface area contributed by atoms with E-state index >= 15 is 0 Å². The quantitative estimate of drug-likeness (QED) is 0.903. The van der Waals surface area contributed by atoms with Crippen molar-refractivity contribution < 1.29 is 0 Å². The predicted octanol–water partition coefficient (Wildman–Crippen LogP) is 2.89. The molecule has 0 unspecified atom stereocenters. The molecule has 98 valence electrons. The number of nitrogens with zero attached hydrogens (tertiary/aromatic N) is 2. The summed E-state index contributed by atoms with van der Waals surface area (Å²) >= 11 is 6.22. The van der Waals surface area contributed by atoms with Crippen LogP contribution in [0.15, 0.2) is 35.5 Å². The highest BCUT2D eigenvalue weighted by Crippen LogP contribution is 2.28. The van der Waals surface area contributed by atoms with Crippen molar-refractivity contribution in [2.24, 2.45) is 0 Å². The Kier molecular flexibility index (Phi) is 4.15. The van der Waals surface area contributed by atoms with E-state index < -0.39 is 0 Å². The lowest BCUT2D eigenvalue weighted by Crippen LogP contribution is -2.32. The molecule has 0 atom stereocenters. The van der Waals surface area contributed by atoms with Gasteiger partial charge in [-0.05, 0) is 38.7 Å². The molecule has 1 aliphatic heterocycles. The Morgan fingerprint density at radius 2 is 2.06 bits per heavy atom. The van der Waals surface area contributed by atoms with Crippen LogP contribution in [-0.4, -0.2) is 32.1 Å². The zero-order valence-electron chi connectivity index (χ0n) is 11.2. The molecular weight excluding hydrogens is 246 g/mol. The third-order valence-corrected chi connectivity index (χ3v) is 3.45. The van der Waals surface area contributed by atoms with E-state index in [2.05, 4.69) is 36.4 Å². The van der Waals surface area contributed by atoms with E-state index in [4.69, 9.17) is 11.6 Å². The van der Waals surface area contributed by atoms with Crippen LogP contribution in [0, 0.1) is 0 Å². The normalized spacial score (nSPS) is 15.5. The molecule has 0 spiro atoms. The summed E-state index contributed by atoms with van der Waals surface area (Å²) in [5, 5.41) is 2.90. The number of benzene rings is 1. The Bertz CT molecular complexity index is 454. The lowest BCUT2D eigenvalue weighted by Gasteiger charge is -2.22. The van der Waals surface area contributed by atoms with Crippen molar-refractivity contribution in [1.29, 1.82) is 0 Å². The summed E-state index contributed by atoms with van der Waals surface area (Å²) in [7, 11) is 4.19. The van der Waals surface area contributed by atoms with Gasteiger partial charge in [0.05, 0.1) is 17.3 Å². The van der Waals surface area contributed by atoms with Crippen LogP contribution in [0.1, 0.15) is 13.3 Å². The Morgan fingerprint density at radius 1 is 1.33 bits per heavy atom. The Labute approximate surface area is 114 Å². The van der Waals surface area contributed by atoms with Gasteiger partial charge in [-0.2, -0.15) is 0 Å². The van der Waals surface area contributed by atoms with E-state index in [9.17, 15) is 0 Å². The summed E-state index contributed by atoms with van der Waals surface area (Å²) in [6.45, 7) is 4.12. The second-order valence-corrected chi connectivity index (χ2v) is 5.37. The van der Waals surface area contributed by atoms with Crippen molar-refractivity contribution in [2.75, 3.05) is 32.2 Å². The van der Waals surface area contributed by atoms with Gasteiger partial charge in [0, 0.05) is 18.7 Å². The molecule has 0 saturated carbocycles. The molecule has 1 heterocycles. The molecule has 2 rings (SSSR count). The van der Waals surface area contributed by atoms with E-state index in [0.29, 0.717) is 0 Å². The van der Waals surface area contributed by atoms with Crippen molar-refractivity contribution in [3.8, 4) is 0 Å². The Morgan fingerprint density at radius 3 is 2.72 bits per heavy atom. The number of hydrogen-bond acceptors (Lipinski definition) is 3. The van der Waals surface area contributed by atoms with Gasteiger partial charge in [-0.25, -0.2) is 0 Å². The highest BCUT2D eigenvalue weighted by Gasteiger charge is 2.20. The van der Waals surface area contributed by atoms with Gasteiger partial charge < -0.3 is 10.3 Å². The van der Waals surface area contributed by atoms with Crippen molar-refractivity contribution in [1.82, 2.24) is 10.3 Å². The van der Waals surface area contributed by atoms with Crippen molar-refractivity contribution in [3.63, 3.8) is 0 Å². The first-order valence-corrected chi connectivity index (χ1v) is 6.58. The smallest absolute Gasteiger partial charge is 0.0761 e. The van der Waals surface area contributed by atoms with E-state index in [1.165, 1.54) is 11.3 Å². The van der Waals surface area contributed by atoms with Gasteiger partial charge in [0.1, 0.15) is 0 Å². The fourth-order valence-corrected chi connectivity index (χ4v) is 2.29. The molecule has 4 heteroatoms. The van der Waals surface area contributed by atoms with E-state index in [-0.39, 0.29) is 0 Å². The fraction of sp³-hybridized carbons (Fsp3) is 0.429. The van der Waals surface area contributed by atoms with Crippen molar-refractivity contribution in [3.05, 3.63) is 40.6 Å². The van der Waals surface area contributed by atoms with Crippen molar-refractivity contribution in [2.45, 2.75) is 13.3 Å². The minimum atomic E-state index is 0.784. The average molecular weight is 266 g/mol. The van der Waals surface area contributed by atoms with Gasteiger partial charge in [-0.3, -0.25) is 5.01 Å². The van der Waals surface area contributed by atoms with E-state index in [1.54, 1.807) is 0 Å². The molecule has 3 nitrogen and oxygen atoms in total. The first-order chi connectivity index (χ1) is 8.58. The van der Waals surface area contributed by atoms with Crippen molar-refractivity contribution >= 4 is 17.3 Å². The number of para-hydroxylation sites is 1. The number of anilines is 1. The maximum absolute atomic E-state index is 6.22. The summed E-state index contributed by atoms with van der Waals surface area (Å²) in [6, 6.07) is 7.93. The number of hydrogen-bond donors (Lipinski definition) is 1. The van der Waals surface area contributed by atoms with E-state index in [0.717, 1.165) is 30.2 Å². The second-order valence-electron chi connectivity index (χ2n) is 4.96. The van der Waals surface area contributed by atoms with Crippen LogP contribution >= 0.6 is 11.6 Å². The molecular formula is C14H20ClN3. The van der Waals surface area contributed by atoms with Gasteiger partial charge in [-0.1, -0.05) is 23.7 Å². The summed E-state index contributed by atoms with van der Waals surface area (Å²) in [5.74, 6) is 0. The van der Waals surface area contributed by atoms with Crippen LogP contribution in [-0.2, 0) is 0 Å². The molecule has 0 aromatic heterocycles. The third kappa shape index (κ3) is 2.98. The maximum atomic E-state index is 6.22. The van der Waals surface area contributed by atoms with Gasteiger partial charge in [-0.15, -0.1) is 0 Å². The Hall–Kier alpha value is -1.19. The number of nitrogens with one attached hydrogen (secondary N) is 1. The fourth-order valence-electron chi connectivity index (χ4n) is 2.05. The zero-order chi connectivity index (χ0) is 13.1. The third-order valence-electron chi connectivity index (χ3n) is 3.13. The predicted molar refractivity (Wildman–Crippen MR) is 77.8 cm³/mol. The summed E-state index contributed by atoms with van der Waals surface area (Å²) in [5.41, 5.74) is 7.19. The SMILES string of the molecule is CC1=C(CCN(C)C)NN(c2ccccc2Cl)C1. The zero-order valence-corrected chi connectivity index (χ0v) is 12.0. The van der Waals surface area contributed by atoms with Crippen LogP contribution in [0.4, 0.5) is 5.69 Å². The lowest BCUT2D eigenvalue weighted by atomic mass is 10.2. The summed E-state index contributed by atoms with van der Waals surface area (Å²) in [6.07, 6.45) is 1.04. The summed E-state index contributed by atoms with van der Waals surface area (Å²) < 4.78 is 0. The van der Waals surface area contributed by atoms with Crippen LogP contribution in [0.5, 0.6) is 0 Å². The molecule has 0 fully saturated rings. The number of hydrazine groups is 1. The lowest BCUT2D eigenvalue weighted by molar-refractivity contribution is 0.409. The maximum Gasteiger partial charge on any atom is 0.0761 e. The van der Waals surface area contributed by atoms with E-state index in [1.807, 2.05) is 24.3 Å². The molecule has 1 aliphatic rings. The molecule has 1 N–H and O–H groups in total. The average Bonchev–Trinajstić information content (AvgIpc) is 2.68. The minimum absolute atomic E-state index is 0.784. The van der Waals surface area contributed by atoms with Gasteiger partial charge >= 0.3 is 0 Å². The first kappa shape index (κ1) is 13.2. The monoisotopic (exact) mass is 265 g/mol. The standard InChI is InChI=1S/C14H20ClN3/c1-11-10-18(14-7-5-4-6-12(14)15)16-13(11)8-9-17(2)3/h4-7,16H,8-10H2,1-3H3. The topological polar surface area (TPSA) is 18.5 Å². The molecule has 0 saturated heterocycles. The van der Waals surface area contributed by atoms with Crippen LogP contribution in [0.25, 0.3) is 0 Å². The van der Waals surface area contributed by atoms with Gasteiger partial charge in [0.25, 0.3) is 0 Å². The second kappa shape index (κ2) is 5.63. The molecule has 0 aliphatic carbocycles. The van der Waals surface area contributed by atoms with Gasteiger partial charge in [0.15, 0.2) is 0 Å². The number of rotatable bonds is 4. The molecule has 0 radical (unpaired) electrons. The molecule has 1 aromatic rings. The highest BCUT2D eigenvalue weighted by molar-refractivity contribution is 6.33. The first-order valence-electron chi connectivity index (χ1n) is 6.20. The molecule has 0 amide bonds. The van der Waals surface area contributed by atoms with Crippen LogP contribution < -0.4 is 10.4 Å². The number of halogens is 1. The highest BCUT2D eigenvalue weighted by atomic mass is 35.5. The molecule has 1 aromatic carbocycles. The Balaban J connectivity index is 2.04. The van der Waals surface area contributed by atoms with Gasteiger partial charge in [0.2, 0.25) is 0 Å².